The minimum atomic E-state index is -0.401. The predicted molar refractivity (Wildman–Crippen MR) is 77.4 cm³/mol. The molecule has 0 aliphatic carbocycles. The number of methoxy groups -OCH3 is 1. The highest BCUT2D eigenvalue weighted by Crippen LogP contribution is 2.26. The Morgan fingerprint density at radius 3 is 2.42 bits per heavy atom. The van der Waals surface area contributed by atoms with Crippen molar-refractivity contribution in [3.05, 3.63) is 39.9 Å². The molecule has 0 saturated carbocycles. The predicted octanol–water partition coefficient (Wildman–Crippen LogP) is 3.60. The first-order valence-electron chi connectivity index (χ1n) is 5.90. The zero-order chi connectivity index (χ0) is 14.0. The molecule has 1 aromatic heterocycles. The third-order valence-electron chi connectivity index (χ3n) is 2.65. The van der Waals surface area contributed by atoms with Crippen LogP contribution >= 0.6 is 11.3 Å². The summed E-state index contributed by atoms with van der Waals surface area (Å²) in [4.78, 5) is 16.6. The van der Waals surface area contributed by atoms with E-state index < -0.39 is 5.97 Å². The van der Waals surface area contributed by atoms with Crippen LogP contribution in [0.1, 0.15) is 26.5 Å². The lowest BCUT2D eigenvalue weighted by molar-refractivity contribution is 0.0594. The fourth-order valence-electron chi connectivity index (χ4n) is 1.91. The number of esters is 1. The number of ether oxygens (including phenoxy) is 1. The van der Waals surface area contributed by atoms with E-state index in [2.05, 4.69) is 16.4 Å². The van der Waals surface area contributed by atoms with Gasteiger partial charge in [-0.3, -0.25) is 0 Å². The average Bonchev–Trinajstić information content (AvgIpc) is 2.68. The lowest BCUT2D eigenvalue weighted by Gasteiger charge is -2.05. The van der Waals surface area contributed by atoms with Gasteiger partial charge in [0.05, 0.1) is 7.11 Å². The van der Waals surface area contributed by atoms with Crippen molar-refractivity contribution in [2.24, 2.45) is 0 Å². The van der Waals surface area contributed by atoms with Crippen molar-refractivity contribution in [2.75, 3.05) is 12.4 Å². The molecule has 1 aromatic carbocycles. The Hall–Kier alpha value is -1.88. The molecule has 100 valence electrons. The number of hydrogen-bond acceptors (Lipinski definition) is 5. The van der Waals surface area contributed by atoms with Crippen molar-refractivity contribution in [2.45, 2.75) is 20.8 Å². The smallest absolute Gasteiger partial charge is 0.357 e. The third kappa shape index (κ3) is 3.12. The molecule has 0 radical (unpaired) electrons. The summed E-state index contributed by atoms with van der Waals surface area (Å²) in [6.45, 7) is 5.95. The van der Waals surface area contributed by atoms with E-state index in [-0.39, 0.29) is 0 Å². The molecule has 4 nitrogen and oxygen atoms in total. The molecular formula is C14H16N2O2S. The lowest BCUT2D eigenvalue weighted by Crippen LogP contribution is -2.03. The Balaban J connectivity index is 2.26. The van der Waals surface area contributed by atoms with E-state index in [4.69, 9.17) is 4.74 Å². The summed E-state index contributed by atoms with van der Waals surface area (Å²) in [6.07, 6.45) is 0. The van der Waals surface area contributed by atoms with Crippen molar-refractivity contribution in [1.82, 2.24) is 4.98 Å². The van der Waals surface area contributed by atoms with Gasteiger partial charge < -0.3 is 10.1 Å². The fourth-order valence-corrected chi connectivity index (χ4v) is 2.73. The Labute approximate surface area is 116 Å². The van der Waals surface area contributed by atoms with Gasteiger partial charge in [-0.2, -0.15) is 0 Å². The average molecular weight is 276 g/mol. The third-order valence-corrected chi connectivity index (χ3v) is 3.53. The van der Waals surface area contributed by atoms with Crippen molar-refractivity contribution in [3.63, 3.8) is 0 Å². The normalized spacial score (nSPS) is 10.3. The number of nitrogens with one attached hydrogen (secondary N) is 1. The SMILES string of the molecule is COC(=O)c1nc(Nc2cc(C)cc(C)c2)sc1C. The van der Waals surface area contributed by atoms with Crippen LogP contribution in [0.5, 0.6) is 0 Å². The number of anilines is 2. The van der Waals surface area contributed by atoms with Gasteiger partial charge in [0, 0.05) is 10.6 Å². The van der Waals surface area contributed by atoms with Crippen molar-refractivity contribution < 1.29 is 9.53 Å². The van der Waals surface area contributed by atoms with Crippen molar-refractivity contribution >= 4 is 28.1 Å². The summed E-state index contributed by atoms with van der Waals surface area (Å²) in [5.74, 6) is -0.401. The molecule has 1 N–H and O–H groups in total. The van der Waals surface area contributed by atoms with Gasteiger partial charge in [-0.05, 0) is 44.0 Å². The van der Waals surface area contributed by atoms with E-state index in [0.717, 1.165) is 10.6 Å². The number of hydrogen-bond donors (Lipinski definition) is 1. The van der Waals surface area contributed by atoms with E-state index in [1.165, 1.54) is 29.6 Å². The van der Waals surface area contributed by atoms with Crippen LogP contribution in [0.3, 0.4) is 0 Å². The monoisotopic (exact) mass is 276 g/mol. The maximum Gasteiger partial charge on any atom is 0.357 e. The molecule has 0 unspecified atom stereocenters. The number of benzene rings is 1. The standard InChI is InChI=1S/C14H16N2O2S/c1-8-5-9(2)7-11(6-8)15-14-16-12(10(3)19-14)13(17)18-4/h5-7H,1-4H3,(H,15,16). The summed E-state index contributed by atoms with van der Waals surface area (Å²) in [5.41, 5.74) is 3.72. The van der Waals surface area contributed by atoms with Crippen molar-refractivity contribution in [1.29, 1.82) is 0 Å². The molecule has 1 heterocycles. The van der Waals surface area contributed by atoms with Gasteiger partial charge in [0.25, 0.3) is 0 Å². The zero-order valence-corrected chi connectivity index (χ0v) is 12.2. The second-order valence-electron chi connectivity index (χ2n) is 4.42. The van der Waals surface area contributed by atoms with Crippen LogP contribution in [0.4, 0.5) is 10.8 Å². The van der Waals surface area contributed by atoms with Crippen LogP contribution < -0.4 is 5.32 Å². The zero-order valence-electron chi connectivity index (χ0n) is 11.4. The Morgan fingerprint density at radius 2 is 1.84 bits per heavy atom. The number of aryl methyl sites for hydroxylation is 3. The number of carbonyl (C=O) groups is 1. The first-order chi connectivity index (χ1) is 8.99. The molecule has 0 fully saturated rings. The van der Waals surface area contributed by atoms with E-state index in [1.54, 1.807) is 0 Å². The van der Waals surface area contributed by atoms with Gasteiger partial charge in [0.2, 0.25) is 0 Å². The number of nitrogens with zero attached hydrogens (tertiary/aromatic N) is 1. The topological polar surface area (TPSA) is 51.2 Å². The van der Waals surface area contributed by atoms with E-state index >= 15 is 0 Å². The first kappa shape index (κ1) is 13.5. The van der Waals surface area contributed by atoms with E-state index in [1.807, 2.05) is 32.9 Å². The molecule has 0 aliphatic rings. The highest BCUT2D eigenvalue weighted by Gasteiger charge is 2.15. The molecule has 0 bridgehead atoms. The molecule has 0 spiro atoms. The fraction of sp³-hybridized carbons (Fsp3) is 0.286. The molecule has 5 heteroatoms. The Morgan fingerprint density at radius 1 is 1.21 bits per heavy atom. The molecule has 0 atom stereocenters. The summed E-state index contributed by atoms with van der Waals surface area (Å²) >= 11 is 1.44. The summed E-state index contributed by atoms with van der Waals surface area (Å²) in [7, 11) is 1.36. The summed E-state index contributed by atoms with van der Waals surface area (Å²) < 4.78 is 4.70. The minimum absolute atomic E-state index is 0.374. The molecule has 0 saturated heterocycles. The van der Waals surface area contributed by atoms with Crippen LogP contribution in [0.2, 0.25) is 0 Å². The van der Waals surface area contributed by atoms with Crippen LogP contribution in [-0.4, -0.2) is 18.1 Å². The van der Waals surface area contributed by atoms with E-state index in [9.17, 15) is 4.79 Å². The molecule has 2 rings (SSSR count). The Kier molecular flexibility index (Phi) is 3.85. The number of aromatic nitrogens is 1. The highest BCUT2D eigenvalue weighted by atomic mass is 32.1. The summed E-state index contributed by atoms with van der Waals surface area (Å²) in [6, 6.07) is 6.20. The summed E-state index contributed by atoms with van der Waals surface area (Å²) in [5, 5.41) is 3.92. The van der Waals surface area contributed by atoms with Gasteiger partial charge >= 0.3 is 5.97 Å². The van der Waals surface area contributed by atoms with Crippen LogP contribution in [0.15, 0.2) is 18.2 Å². The largest absolute Gasteiger partial charge is 0.464 e. The molecule has 2 aromatic rings. The first-order valence-corrected chi connectivity index (χ1v) is 6.72. The molecule has 0 aliphatic heterocycles. The maximum absolute atomic E-state index is 11.5. The van der Waals surface area contributed by atoms with Crippen LogP contribution in [-0.2, 0) is 4.74 Å². The quantitative estimate of drug-likeness (QED) is 0.870. The number of carbonyl (C=O) groups excluding carboxylic acids is 1. The number of rotatable bonds is 3. The lowest BCUT2D eigenvalue weighted by atomic mass is 10.1. The van der Waals surface area contributed by atoms with Crippen LogP contribution in [0.25, 0.3) is 0 Å². The van der Waals surface area contributed by atoms with Crippen LogP contribution in [0, 0.1) is 20.8 Å². The number of thiazole rings is 1. The Bertz CT molecular complexity index is 600. The minimum Gasteiger partial charge on any atom is -0.464 e. The van der Waals surface area contributed by atoms with Gasteiger partial charge in [-0.25, -0.2) is 9.78 Å². The molecule has 19 heavy (non-hydrogen) atoms. The van der Waals surface area contributed by atoms with Gasteiger partial charge in [0.1, 0.15) is 0 Å². The van der Waals surface area contributed by atoms with Gasteiger partial charge in [-0.1, -0.05) is 6.07 Å². The second kappa shape index (κ2) is 5.40. The molecular weight excluding hydrogens is 260 g/mol. The van der Waals surface area contributed by atoms with Gasteiger partial charge in [-0.15, -0.1) is 11.3 Å². The molecule has 0 amide bonds. The maximum atomic E-state index is 11.5. The highest BCUT2D eigenvalue weighted by molar-refractivity contribution is 7.15. The second-order valence-corrected chi connectivity index (χ2v) is 5.62. The van der Waals surface area contributed by atoms with Crippen molar-refractivity contribution in [3.8, 4) is 0 Å². The van der Waals surface area contributed by atoms with E-state index in [0.29, 0.717) is 10.8 Å². The van der Waals surface area contributed by atoms with Gasteiger partial charge in [0.15, 0.2) is 10.8 Å².